The van der Waals surface area contributed by atoms with Gasteiger partial charge in [0.25, 0.3) is 0 Å². The van der Waals surface area contributed by atoms with Crippen molar-refractivity contribution in [1.82, 2.24) is 14.5 Å². The number of aryl methyl sites for hydroxylation is 1. The van der Waals surface area contributed by atoms with Gasteiger partial charge in [-0.3, -0.25) is 9.59 Å². The normalized spacial score (nSPS) is 19.0. The highest BCUT2D eigenvalue weighted by molar-refractivity contribution is 6.33. The van der Waals surface area contributed by atoms with Crippen molar-refractivity contribution in [2.75, 3.05) is 5.32 Å². The van der Waals surface area contributed by atoms with Crippen molar-refractivity contribution < 1.29 is 9.18 Å². The van der Waals surface area contributed by atoms with Gasteiger partial charge < -0.3 is 19.8 Å². The minimum Gasteiger partial charge on any atom is -0.329 e. The molecule has 32 heavy (non-hydrogen) atoms. The standard InChI is InChI=1S/C23H20ClFN4O3/c1-28-11-12(2-5-22(28)31)15-8-18(25)19(9-17(15)24)27-23(32)29-14-3-4-20(29)16-10-26-21(30)7-13(16)6-14/h2,5,7-11,14,20H,3-4,6H2,1H3,(H,26,30)(H,27,32)/t14-,20+/m0/s1. The second kappa shape index (κ2) is 7.63. The molecule has 0 saturated carbocycles. The van der Waals surface area contributed by atoms with Crippen molar-refractivity contribution in [3.05, 3.63) is 85.4 Å². The molecular formula is C23H20ClFN4O3. The molecule has 0 spiro atoms. The number of aromatic amines is 1. The van der Waals surface area contributed by atoms with Crippen LogP contribution in [-0.4, -0.2) is 26.5 Å². The number of nitrogens with zero attached hydrogens (tertiary/aromatic N) is 2. The first-order chi connectivity index (χ1) is 15.3. The molecule has 9 heteroatoms. The van der Waals surface area contributed by atoms with Crippen molar-refractivity contribution in [2.45, 2.75) is 31.3 Å². The fraction of sp³-hybridized carbons (Fsp3) is 0.261. The number of rotatable bonds is 2. The molecule has 2 amide bonds. The van der Waals surface area contributed by atoms with Crippen LogP contribution in [0.3, 0.4) is 0 Å². The first kappa shape index (κ1) is 20.5. The molecule has 3 aromatic rings. The van der Waals surface area contributed by atoms with E-state index in [1.165, 1.54) is 22.8 Å². The number of carbonyl (C=O) groups is 1. The number of aromatic nitrogens is 2. The fourth-order valence-electron chi connectivity index (χ4n) is 4.76. The smallest absolute Gasteiger partial charge is 0.322 e. The molecule has 1 fully saturated rings. The number of nitrogens with one attached hydrogen (secondary N) is 2. The number of fused-ring (bicyclic) bond motifs is 4. The second-order valence-electron chi connectivity index (χ2n) is 8.25. The average molecular weight is 455 g/mol. The van der Waals surface area contributed by atoms with Crippen LogP contribution in [0, 0.1) is 5.82 Å². The lowest BCUT2D eigenvalue weighted by atomic mass is 9.95. The quantitative estimate of drug-likeness (QED) is 0.617. The first-order valence-corrected chi connectivity index (χ1v) is 10.7. The third kappa shape index (κ3) is 3.40. The zero-order valence-electron chi connectivity index (χ0n) is 17.2. The molecule has 164 valence electrons. The minimum absolute atomic E-state index is 0.0137. The van der Waals surface area contributed by atoms with Gasteiger partial charge in [-0.25, -0.2) is 9.18 Å². The van der Waals surface area contributed by atoms with Gasteiger partial charge in [-0.1, -0.05) is 11.6 Å². The van der Waals surface area contributed by atoms with Crippen molar-refractivity contribution in [3.63, 3.8) is 0 Å². The molecule has 2 atom stereocenters. The monoisotopic (exact) mass is 454 g/mol. The van der Waals surface area contributed by atoms with Crippen LogP contribution in [0.15, 0.2) is 52.3 Å². The van der Waals surface area contributed by atoms with E-state index in [2.05, 4.69) is 10.3 Å². The van der Waals surface area contributed by atoms with E-state index in [1.54, 1.807) is 36.5 Å². The maximum Gasteiger partial charge on any atom is 0.322 e. The Bertz CT molecular complexity index is 1370. The number of benzene rings is 1. The molecule has 0 radical (unpaired) electrons. The molecule has 2 aliphatic rings. The van der Waals surface area contributed by atoms with E-state index in [0.29, 0.717) is 17.5 Å². The number of H-pyrrole nitrogens is 1. The van der Waals surface area contributed by atoms with Crippen molar-refractivity contribution in [1.29, 1.82) is 0 Å². The third-order valence-electron chi connectivity index (χ3n) is 6.29. The first-order valence-electron chi connectivity index (χ1n) is 10.3. The Hall–Kier alpha value is -3.39. The molecule has 0 unspecified atom stereocenters. The molecular weight excluding hydrogens is 435 g/mol. The van der Waals surface area contributed by atoms with Crippen LogP contribution in [0.4, 0.5) is 14.9 Å². The molecule has 2 N–H and O–H groups in total. The van der Waals surface area contributed by atoms with Crippen LogP contribution in [0.2, 0.25) is 5.02 Å². The summed E-state index contributed by atoms with van der Waals surface area (Å²) in [6.45, 7) is 0. The molecule has 0 aliphatic carbocycles. The maximum atomic E-state index is 14.9. The summed E-state index contributed by atoms with van der Waals surface area (Å²) in [5.41, 5.74) is 2.55. The Labute approximate surface area is 187 Å². The number of hydrogen-bond donors (Lipinski definition) is 2. The summed E-state index contributed by atoms with van der Waals surface area (Å²) in [6.07, 6.45) is 5.44. The Morgan fingerprint density at radius 3 is 2.81 bits per heavy atom. The summed E-state index contributed by atoms with van der Waals surface area (Å²) < 4.78 is 16.3. The summed E-state index contributed by atoms with van der Waals surface area (Å²) in [4.78, 5) is 40.8. The number of carbonyl (C=O) groups excluding carboxylic acids is 1. The van der Waals surface area contributed by atoms with Crippen LogP contribution in [0.1, 0.15) is 30.0 Å². The molecule has 1 aromatic carbocycles. The lowest BCUT2D eigenvalue weighted by molar-refractivity contribution is 0.179. The summed E-state index contributed by atoms with van der Waals surface area (Å²) >= 11 is 6.40. The third-order valence-corrected chi connectivity index (χ3v) is 6.61. The van der Waals surface area contributed by atoms with Crippen molar-refractivity contribution in [3.8, 4) is 11.1 Å². The van der Waals surface area contributed by atoms with Crippen molar-refractivity contribution in [2.24, 2.45) is 7.05 Å². The Kier molecular flexibility index (Phi) is 4.89. The lowest BCUT2D eigenvalue weighted by Crippen LogP contribution is -2.44. The van der Waals surface area contributed by atoms with Gasteiger partial charge >= 0.3 is 6.03 Å². The fourth-order valence-corrected chi connectivity index (χ4v) is 5.03. The largest absolute Gasteiger partial charge is 0.329 e. The number of hydrogen-bond acceptors (Lipinski definition) is 3. The Morgan fingerprint density at radius 2 is 2.03 bits per heavy atom. The number of amides is 2. The second-order valence-corrected chi connectivity index (χ2v) is 8.65. The summed E-state index contributed by atoms with van der Waals surface area (Å²) in [7, 11) is 1.60. The average Bonchev–Trinajstić information content (AvgIpc) is 3.07. The minimum atomic E-state index is -0.624. The predicted molar refractivity (Wildman–Crippen MR) is 119 cm³/mol. The predicted octanol–water partition coefficient (Wildman–Crippen LogP) is 3.83. The SMILES string of the molecule is Cn1cc(-c2cc(F)c(NC(=O)N3[C@H]4CC[C@@H]3c3c[nH]c(=O)cc3C4)cc2Cl)ccc1=O. The summed E-state index contributed by atoms with van der Waals surface area (Å²) in [5.74, 6) is -0.624. The van der Waals surface area contributed by atoms with Gasteiger partial charge in [0.05, 0.1) is 16.8 Å². The topological polar surface area (TPSA) is 87.2 Å². The highest BCUT2D eigenvalue weighted by Crippen LogP contribution is 2.43. The van der Waals surface area contributed by atoms with E-state index in [9.17, 15) is 18.8 Å². The molecule has 7 nitrogen and oxygen atoms in total. The number of pyridine rings is 2. The lowest BCUT2D eigenvalue weighted by Gasteiger charge is -2.36. The van der Waals surface area contributed by atoms with Crippen LogP contribution in [0.5, 0.6) is 0 Å². The zero-order chi connectivity index (χ0) is 22.6. The number of halogens is 2. The van der Waals surface area contributed by atoms with Gasteiger partial charge in [-0.2, -0.15) is 0 Å². The highest BCUT2D eigenvalue weighted by atomic mass is 35.5. The van der Waals surface area contributed by atoms with E-state index in [1.807, 2.05) is 0 Å². The van der Waals surface area contributed by atoms with E-state index in [-0.39, 0.29) is 33.9 Å². The van der Waals surface area contributed by atoms with E-state index in [0.717, 1.165) is 24.0 Å². The molecule has 1 saturated heterocycles. The number of anilines is 1. The zero-order valence-corrected chi connectivity index (χ0v) is 17.9. The van der Waals surface area contributed by atoms with Crippen LogP contribution in [0.25, 0.3) is 11.1 Å². The van der Waals surface area contributed by atoms with Gasteiger partial charge in [0.15, 0.2) is 0 Å². The van der Waals surface area contributed by atoms with Crippen molar-refractivity contribution >= 4 is 23.3 Å². The van der Waals surface area contributed by atoms with Gasteiger partial charge in [0.2, 0.25) is 11.1 Å². The summed E-state index contributed by atoms with van der Waals surface area (Å²) in [6, 6.07) is 6.58. The summed E-state index contributed by atoms with van der Waals surface area (Å²) in [5, 5.41) is 2.92. The number of urea groups is 1. The molecule has 2 aliphatic heterocycles. The van der Waals surface area contributed by atoms with Gasteiger partial charge in [0.1, 0.15) is 5.82 Å². The van der Waals surface area contributed by atoms with Crippen LogP contribution >= 0.6 is 11.6 Å². The maximum absolute atomic E-state index is 14.9. The highest BCUT2D eigenvalue weighted by Gasteiger charge is 2.42. The molecule has 2 bridgehead atoms. The van der Waals surface area contributed by atoms with Gasteiger partial charge in [-0.05, 0) is 54.2 Å². The van der Waals surface area contributed by atoms with E-state index < -0.39 is 11.8 Å². The van der Waals surface area contributed by atoms with E-state index in [4.69, 9.17) is 11.6 Å². The molecule has 5 rings (SSSR count). The molecule has 4 heterocycles. The van der Waals surface area contributed by atoms with Gasteiger partial charge in [0, 0.05) is 43.2 Å². The Morgan fingerprint density at radius 1 is 1.22 bits per heavy atom. The molecule has 2 aromatic heterocycles. The van der Waals surface area contributed by atoms with Crippen LogP contribution < -0.4 is 16.4 Å². The Balaban J connectivity index is 1.42. The van der Waals surface area contributed by atoms with Gasteiger partial charge in [-0.15, -0.1) is 0 Å². The van der Waals surface area contributed by atoms with Crippen LogP contribution in [-0.2, 0) is 13.5 Å². The van der Waals surface area contributed by atoms with E-state index >= 15 is 0 Å².